The van der Waals surface area contributed by atoms with Crippen molar-refractivity contribution in [3.63, 3.8) is 0 Å². The molecule has 1 saturated carbocycles. The predicted octanol–water partition coefficient (Wildman–Crippen LogP) is 3.12. The quantitative estimate of drug-likeness (QED) is 0.822. The number of aliphatic hydroxyl groups is 1. The third kappa shape index (κ3) is 2.38. The van der Waals surface area contributed by atoms with Crippen molar-refractivity contribution in [2.45, 2.75) is 45.3 Å². The van der Waals surface area contributed by atoms with E-state index in [0.717, 1.165) is 18.5 Å². The van der Waals surface area contributed by atoms with Crippen molar-refractivity contribution in [3.8, 4) is 0 Å². The predicted molar refractivity (Wildman–Crippen MR) is 67.7 cm³/mol. The molecule has 16 heavy (non-hydrogen) atoms. The van der Waals surface area contributed by atoms with Crippen LogP contribution in [0.1, 0.15) is 44.8 Å². The molecule has 0 amide bonds. The highest BCUT2D eigenvalue weighted by Gasteiger charge is 2.30. The van der Waals surface area contributed by atoms with E-state index in [2.05, 4.69) is 24.0 Å². The molecule has 2 rings (SSSR count). The normalized spacial score (nSPS) is 17.2. The molecule has 0 spiro atoms. The maximum Gasteiger partial charge on any atom is 0.0781 e. The highest BCUT2D eigenvalue weighted by atomic mass is 16.3. The van der Waals surface area contributed by atoms with Gasteiger partial charge in [0.1, 0.15) is 0 Å². The van der Waals surface area contributed by atoms with Crippen LogP contribution in [0.5, 0.6) is 0 Å². The van der Waals surface area contributed by atoms with Gasteiger partial charge in [0.15, 0.2) is 0 Å². The van der Waals surface area contributed by atoms with E-state index in [1.807, 2.05) is 19.1 Å². The number of hydrogen-bond acceptors (Lipinski definition) is 2. The monoisotopic (exact) mass is 219 g/mol. The van der Waals surface area contributed by atoms with E-state index < -0.39 is 0 Å². The minimum atomic E-state index is -0.380. The molecular weight excluding hydrogens is 198 g/mol. The van der Waals surface area contributed by atoms with E-state index >= 15 is 0 Å². The van der Waals surface area contributed by atoms with Crippen molar-refractivity contribution in [1.82, 2.24) is 0 Å². The van der Waals surface area contributed by atoms with Crippen LogP contribution in [0, 0.1) is 0 Å². The second-order valence-corrected chi connectivity index (χ2v) is 4.66. The van der Waals surface area contributed by atoms with Gasteiger partial charge in [-0.15, -0.1) is 0 Å². The summed E-state index contributed by atoms with van der Waals surface area (Å²) < 4.78 is 0. The van der Waals surface area contributed by atoms with Gasteiger partial charge in [-0.05, 0) is 32.3 Å². The molecule has 1 unspecified atom stereocenters. The Bertz CT molecular complexity index is 344. The summed E-state index contributed by atoms with van der Waals surface area (Å²) in [5.41, 5.74) is 2.28. The van der Waals surface area contributed by atoms with E-state index in [-0.39, 0.29) is 6.10 Å². The second kappa shape index (κ2) is 4.88. The van der Waals surface area contributed by atoms with Crippen molar-refractivity contribution >= 4 is 5.69 Å². The van der Waals surface area contributed by atoms with Gasteiger partial charge in [0.2, 0.25) is 0 Å². The first-order valence-corrected chi connectivity index (χ1v) is 6.27. The van der Waals surface area contributed by atoms with Gasteiger partial charge in [-0.25, -0.2) is 0 Å². The zero-order valence-corrected chi connectivity index (χ0v) is 10.2. The van der Waals surface area contributed by atoms with Crippen LogP contribution in [0.2, 0.25) is 0 Å². The molecule has 0 saturated heterocycles. The molecule has 0 aliphatic heterocycles. The second-order valence-electron chi connectivity index (χ2n) is 4.66. The summed E-state index contributed by atoms with van der Waals surface area (Å²) in [7, 11) is 0. The summed E-state index contributed by atoms with van der Waals surface area (Å²) in [4.78, 5) is 2.46. The Morgan fingerprint density at radius 1 is 1.38 bits per heavy atom. The number of hydrogen-bond donors (Lipinski definition) is 1. The van der Waals surface area contributed by atoms with E-state index in [9.17, 15) is 5.11 Å². The van der Waals surface area contributed by atoms with Crippen LogP contribution in [0.15, 0.2) is 24.3 Å². The number of rotatable bonds is 5. The average molecular weight is 219 g/mol. The van der Waals surface area contributed by atoms with Crippen LogP contribution in [0.4, 0.5) is 5.69 Å². The first-order chi connectivity index (χ1) is 7.74. The fourth-order valence-electron chi connectivity index (χ4n) is 2.23. The number of nitrogens with zero attached hydrogens (tertiary/aromatic N) is 1. The maximum absolute atomic E-state index is 9.80. The molecule has 1 aromatic rings. The van der Waals surface area contributed by atoms with Gasteiger partial charge in [-0.3, -0.25) is 0 Å². The fourth-order valence-corrected chi connectivity index (χ4v) is 2.23. The molecule has 1 fully saturated rings. The lowest BCUT2D eigenvalue weighted by Crippen LogP contribution is -2.27. The largest absolute Gasteiger partial charge is 0.389 e. The molecular formula is C14H21NO. The minimum absolute atomic E-state index is 0.380. The van der Waals surface area contributed by atoms with E-state index in [1.165, 1.54) is 18.5 Å². The molecule has 1 N–H and O–H groups in total. The standard InChI is InChI=1S/C14H21NO/c1-3-10-15(12-8-9-12)14-7-5-4-6-13(14)11(2)16/h4-7,11-12,16H,3,8-10H2,1-2H3. The molecule has 1 aliphatic rings. The first-order valence-electron chi connectivity index (χ1n) is 6.27. The molecule has 0 heterocycles. The van der Waals surface area contributed by atoms with Crippen LogP contribution in [-0.2, 0) is 0 Å². The number of para-hydroxylation sites is 1. The summed E-state index contributed by atoms with van der Waals surface area (Å²) in [5, 5.41) is 9.80. The van der Waals surface area contributed by atoms with Gasteiger partial charge < -0.3 is 10.0 Å². The van der Waals surface area contributed by atoms with Crippen molar-refractivity contribution in [2.75, 3.05) is 11.4 Å². The van der Waals surface area contributed by atoms with Gasteiger partial charge in [-0.1, -0.05) is 25.1 Å². The average Bonchev–Trinajstić information content (AvgIpc) is 3.10. The van der Waals surface area contributed by atoms with Gasteiger partial charge in [-0.2, -0.15) is 0 Å². The number of aliphatic hydroxyl groups excluding tert-OH is 1. The van der Waals surface area contributed by atoms with Crippen molar-refractivity contribution in [3.05, 3.63) is 29.8 Å². The van der Waals surface area contributed by atoms with Crippen LogP contribution in [0.3, 0.4) is 0 Å². The molecule has 88 valence electrons. The number of benzene rings is 1. The van der Waals surface area contributed by atoms with Gasteiger partial charge >= 0.3 is 0 Å². The fraction of sp³-hybridized carbons (Fsp3) is 0.571. The molecule has 1 aromatic carbocycles. The highest BCUT2D eigenvalue weighted by molar-refractivity contribution is 5.56. The zero-order chi connectivity index (χ0) is 11.5. The summed E-state index contributed by atoms with van der Waals surface area (Å²) in [6.07, 6.45) is 3.38. The Morgan fingerprint density at radius 3 is 2.62 bits per heavy atom. The Balaban J connectivity index is 2.28. The first kappa shape index (κ1) is 11.5. The Kier molecular flexibility index (Phi) is 3.49. The Labute approximate surface area is 97.9 Å². The summed E-state index contributed by atoms with van der Waals surface area (Å²) in [5.74, 6) is 0. The summed E-state index contributed by atoms with van der Waals surface area (Å²) in [6, 6.07) is 8.94. The van der Waals surface area contributed by atoms with Crippen molar-refractivity contribution < 1.29 is 5.11 Å². The topological polar surface area (TPSA) is 23.5 Å². The van der Waals surface area contributed by atoms with Crippen LogP contribution in [0.25, 0.3) is 0 Å². The third-order valence-corrected chi connectivity index (χ3v) is 3.15. The third-order valence-electron chi connectivity index (χ3n) is 3.15. The van der Waals surface area contributed by atoms with Crippen LogP contribution < -0.4 is 4.90 Å². The molecule has 2 nitrogen and oxygen atoms in total. The zero-order valence-electron chi connectivity index (χ0n) is 10.2. The molecule has 2 heteroatoms. The van der Waals surface area contributed by atoms with E-state index in [0.29, 0.717) is 6.04 Å². The van der Waals surface area contributed by atoms with E-state index in [4.69, 9.17) is 0 Å². The van der Waals surface area contributed by atoms with Crippen molar-refractivity contribution in [2.24, 2.45) is 0 Å². The van der Waals surface area contributed by atoms with Gasteiger partial charge in [0.05, 0.1) is 6.10 Å². The van der Waals surface area contributed by atoms with Gasteiger partial charge in [0.25, 0.3) is 0 Å². The lowest BCUT2D eigenvalue weighted by molar-refractivity contribution is 0.199. The molecule has 1 aliphatic carbocycles. The Hall–Kier alpha value is -1.02. The number of anilines is 1. The molecule has 0 radical (unpaired) electrons. The molecule has 1 atom stereocenters. The van der Waals surface area contributed by atoms with Crippen LogP contribution in [-0.4, -0.2) is 17.7 Å². The van der Waals surface area contributed by atoms with E-state index in [1.54, 1.807) is 0 Å². The van der Waals surface area contributed by atoms with Gasteiger partial charge in [0, 0.05) is 23.8 Å². The lowest BCUT2D eigenvalue weighted by Gasteiger charge is -2.27. The molecule has 0 aromatic heterocycles. The smallest absolute Gasteiger partial charge is 0.0781 e. The minimum Gasteiger partial charge on any atom is -0.389 e. The highest BCUT2D eigenvalue weighted by Crippen LogP contribution is 2.35. The van der Waals surface area contributed by atoms with Crippen molar-refractivity contribution in [1.29, 1.82) is 0 Å². The lowest BCUT2D eigenvalue weighted by atomic mass is 10.1. The summed E-state index contributed by atoms with van der Waals surface area (Å²) >= 11 is 0. The molecule has 0 bridgehead atoms. The SMILES string of the molecule is CCCN(c1ccccc1C(C)O)C1CC1. The summed E-state index contributed by atoms with van der Waals surface area (Å²) in [6.45, 7) is 5.14. The Morgan fingerprint density at radius 2 is 2.06 bits per heavy atom. The maximum atomic E-state index is 9.80. The van der Waals surface area contributed by atoms with Crippen LogP contribution >= 0.6 is 0 Å².